The van der Waals surface area contributed by atoms with Crippen molar-refractivity contribution in [1.82, 2.24) is 9.97 Å². The Balaban J connectivity index is 1.61. The molecule has 3 rings (SSSR count). The number of aromatic nitrogens is 2. The number of carbonyl (C=O) groups is 1. The van der Waals surface area contributed by atoms with Crippen LogP contribution in [-0.4, -0.2) is 16.1 Å². The summed E-state index contributed by atoms with van der Waals surface area (Å²) < 4.78 is 5.19. The number of carbonyl (C=O) groups excluding carboxylic acids is 1. The van der Waals surface area contributed by atoms with Gasteiger partial charge in [-0.3, -0.25) is 5.32 Å². The molecule has 2 aromatic carbocycles. The first kappa shape index (κ1) is 13.9. The minimum atomic E-state index is -0.481. The van der Waals surface area contributed by atoms with E-state index >= 15 is 0 Å². The molecule has 0 fully saturated rings. The minimum absolute atomic E-state index is 0.243. The largest absolute Gasteiger partial charge is 0.444 e. The number of nitrogens with zero attached hydrogens (tertiary/aromatic N) is 1. The Morgan fingerprint density at radius 2 is 2.00 bits per heavy atom. The summed E-state index contributed by atoms with van der Waals surface area (Å²) in [6, 6.07) is 17.0. The first-order chi connectivity index (χ1) is 10.8. The van der Waals surface area contributed by atoms with E-state index in [1.165, 1.54) is 0 Å². The highest BCUT2D eigenvalue weighted by atomic mass is 16.5. The molecule has 0 aliphatic heterocycles. The maximum Gasteiger partial charge on any atom is 0.411 e. The molecule has 1 heterocycles. The number of imidazole rings is 1. The van der Waals surface area contributed by atoms with E-state index in [1.54, 1.807) is 12.5 Å². The number of benzene rings is 2. The van der Waals surface area contributed by atoms with E-state index in [9.17, 15) is 4.79 Å². The van der Waals surface area contributed by atoms with Gasteiger partial charge in [-0.05, 0) is 17.7 Å². The molecular formula is C17H15N3O2. The SMILES string of the molecule is O=C(Nc1cccc(-c2cnc[nH]2)c1)OCc1ccccc1. The first-order valence-corrected chi connectivity index (χ1v) is 6.88. The molecule has 0 unspecified atom stereocenters. The number of anilines is 1. The summed E-state index contributed by atoms with van der Waals surface area (Å²) in [4.78, 5) is 18.8. The molecule has 0 atom stereocenters. The van der Waals surface area contributed by atoms with Gasteiger partial charge in [-0.15, -0.1) is 0 Å². The number of ether oxygens (including phenoxy) is 1. The number of aromatic amines is 1. The number of H-pyrrole nitrogens is 1. The Kier molecular flexibility index (Phi) is 4.15. The Bertz CT molecular complexity index is 740. The van der Waals surface area contributed by atoms with E-state index in [4.69, 9.17) is 4.74 Å². The minimum Gasteiger partial charge on any atom is -0.444 e. The summed E-state index contributed by atoms with van der Waals surface area (Å²) in [5.41, 5.74) is 3.45. The van der Waals surface area contributed by atoms with Crippen LogP contribution < -0.4 is 5.32 Å². The van der Waals surface area contributed by atoms with Gasteiger partial charge in [0.2, 0.25) is 0 Å². The molecule has 22 heavy (non-hydrogen) atoms. The van der Waals surface area contributed by atoms with Crippen molar-refractivity contribution >= 4 is 11.8 Å². The zero-order chi connectivity index (χ0) is 15.2. The second-order valence-corrected chi connectivity index (χ2v) is 4.73. The second-order valence-electron chi connectivity index (χ2n) is 4.73. The maximum absolute atomic E-state index is 11.8. The molecule has 0 saturated carbocycles. The molecular weight excluding hydrogens is 278 g/mol. The Morgan fingerprint density at radius 1 is 1.14 bits per heavy atom. The molecule has 0 radical (unpaired) electrons. The quantitative estimate of drug-likeness (QED) is 0.768. The number of nitrogens with one attached hydrogen (secondary N) is 2. The van der Waals surface area contributed by atoms with E-state index in [-0.39, 0.29) is 6.61 Å². The predicted molar refractivity (Wildman–Crippen MR) is 84.3 cm³/mol. The van der Waals surface area contributed by atoms with Gasteiger partial charge in [0, 0.05) is 11.3 Å². The molecule has 0 spiro atoms. The van der Waals surface area contributed by atoms with Crippen LogP contribution in [0.3, 0.4) is 0 Å². The zero-order valence-corrected chi connectivity index (χ0v) is 11.8. The van der Waals surface area contributed by atoms with Crippen LogP contribution in [0.25, 0.3) is 11.3 Å². The highest BCUT2D eigenvalue weighted by Crippen LogP contribution is 2.20. The normalized spacial score (nSPS) is 10.2. The molecule has 1 aromatic heterocycles. The average molecular weight is 293 g/mol. The fourth-order valence-corrected chi connectivity index (χ4v) is 2.06. The van der Waals surface area contributed by atoms with E-state index in [1.807, 2.05) is 54.6 Å². The van der Waals surface area contributed by atoms with Crippen LogP contribution in [0.2, 0.25) is 0 Å². The molecule has 0 bridgehead atoms. The van der Waals surface area contributed by atoms with Crippen LogP contribution in [0, 0.1) is 0 Å². The number of hydrogen-bond acceptors (Lipinski definition) is 3. The van der Waals surface area contributed by atoms with Gasteiger partial charge < -0.3 is 9.72 Å². The van der Waals surface area contributed by atoms with E-state index in [2.05, 4.69) is 15.3 Å². The van der Waals surface area contributed by atoms with Gasteiger partial charge in [-0.2, -0.15) is 0 Å². The van der Waals surface area contributed by atoms with Crippen molar-refractivity contribution in [2.24, 2.45) is 0 Å². The fraction of sp³-hybridized carbons (Fsp3) is 0.0588. The number of rotatable bonds is 4. The average Bonchev–Trinajstić information content (AvgIpc) is 3.09. The van der Waals surface area contributed by atoms with E-state index in [0.717, 1.165) is 16.8 Å². The Morgan fingerprint density at radius 3 is 2.77 bits per heavy atom. The summed E-state index contributed by atoms with van der Waals surface area (Å²) in [7, 11) is 0. The molecule has 3 aromatic rings. The lowest BCUT2D eigenvalue weighted by Gasteiger charge is -2.08. The molecule has 0 aliphatic rings. The number of hydrogen-bond donors (Lipinski definition) is 2. The van der Waals surface area contributed by atoms with Crippen molar-refractivity contribution in [3.63, 3.8) is 0 Å². The van der Waals surface area contributed by atoms with Gasteiger partial charge >= 0.3 is 6.09 Å². The van der Waals surface area contributed by atoms with Gasteiger partial charge in [-0.25, -0.2) is 9.78 Å². The van der Waals surface area contributed by atoms with Crippen LogP contribution in [0.15, 0.2) is 67.1 Å². The summed E-state index contributed by atoms with van der Waals surface area (Å²) in [5, 5.41) is 2.72. The molecule has 110 valence electrons. The summed E-state index contributed by atoms with van der Waals surface area (Å²) in [6.45, 7) is 0.243. The van der Waals surface area contributed by atoms with Gasteiger partial charge in [0.15, 0.2) is 0 Å². The molecule has 5 nitrogen and oxygen atoms in total. The predicted octanol–water partition coefficient (Wildman–Crippen LogP) is 3.83. The maximum atomic E-state index is 11.8. The number of amides is 1. The van der Waals surface area contributed by atoms with Gasteiger partial charge in [0.1, 0.15) is 6.61 Å². The van der Waals surface area contributed by atoms with Crippen LogP contribution >= 0.6 is 0 Å². The third-order valence-corrected chi connectivity index (χ3v) is 3.13. The molecule has 0 saturated heterocycles. The van der Waals surface area contributed by atoms with Crippen molar-refractivity contribution < 1.29 is 9.53 Å². The van der Waals surface area contributed by atoms with Gasteiger partial charge in [0.25, 0.3) is 0 Å². The lowest BCUT2D eigenvalue weighted by molar-refractivity contribution is 0.155. The van der Waals surface area contributed by atoms with Crippen LogP contribution in [0.5, 0.6) is 0 Å². The highest BCUT2D eigenvalue weighted by Gasteiger charge is 2.05. The lowest BCUT2D eigenvalue weighted by atomic mass is 10.1. The molecule has 2 N–H and O–H groups in total. The van der Waals surface area contributed by atoms with E-state index < -0.39 is 6.09 Å². The lowest BCUT2D eigenvalue weighted by Crippen LogP contribution is -2.13. The van der Waals surface area contributed by atoms with Crippen LogP contribution in [0.4, 0.5) is 10.5 Å². The van der Waals surface area contributed by atoms with Crippen molar-refractivity contribution in [1.29, 1.82) is 0 Å². The third-order valence-electron chi connectivity index (χ3n) is 3.13. The van der Waals surface area contributed by atoms with Crippen molar-refractivity contribution in [2.45, 2.75) is 6.61 Å². The monoisotopic (exact) mass is 293 g/mol. The van der Waals surface area contributed by atoms with Gasteiger partial charge in [0.05, 0.1) is 18.2 Å². The summed E-state index contributed by atoms with van der Waals surface area (Å²) in [6.07, 6.45) is 2.86. The van der Waals surface area contributed by atoms with Crippen molar-refractivity contribution in [2.75, 3.05) is 5.32 Å². The van der Waals surface area contributed by atoms with Crippen molar-refractivity contribution in [3.8, 4) is 11.3 Å². The van der Waals surface area contributed by atoms with E-state index in [0.29, 0.717) is 5.69 Å². The highest BCUT2D eigenvalue weighted by molar-refractivity contribution is 5.85. The van der Waals surface area contributed by atoms with Gasteiger partial charge in [-0.1, -0.05) is 42.5 Å². The summed E-state index contributed by atoms with van der Waals surface area (Å²) in [5.74, 6) is 0. The molecule has 1 amide bonds. The Labute approximate surface area is 128 Å². The topological polar surface area (TPSA) is 67.0 Å². The summed E-state index contributed by atoms with van der Waals surface area (Å²) >= 11 is 0. The fourth-order valence-electron chi connectivity index (χ4n) is 2.06. The molecule has 5 heteroatoms. The van der Waals surface area contributed by atoms with Crippen molar-refractivity contribution in [3.05, 3.63) is 72.7 Å². The Hall–Kier alpha value is -3.08. The first-order valence-electron chi connectivity index (χ1n) is 6.88. The smallest absolute Gasteiger partial charge is 0.411 e. The van der Waals surface area contributed by atoms with Crippen LogP contribution in [0.1, 0.15) is 5.56 Å². The second kappa shape index (κ2) is 6.58. The standard InChI is InChI=1S/C17H15N3O2/c21-17(22-11-13-5-2-1-3-6-13)20-15-8-4-7-14(9-15)16-10-18-12-19-16/h1-10,12H,11H2,(H,18,19)(H,20,21). The zero-order valence-electron chi connectivity index (χ0n) is 11.8. The molecule has 0 aliphatic carbocycles. The third kappa shape index (κ3) is 3.52. The van der Waals surface area contributed by atoms with Crippen LogP contribution in [-0.2, 0) is 11.3 Å².